The van der Waals surface area contributed by atoms with Crippen molar-refractivity contribution in [3.63, 3.8) is 0 Å². The molecule has 3 N–H and O–H groups in total. The second-order valence-electron chi connectivity index (χ2n) is 4.18. The topological polar surface area (TPSA) is 89.6 Å². The summed E-state index contributed by atoms with van der Waals surface area (Å²) in [5, 5.41) is 0.824. The maximum Gasteiger partial charge on any atom is 0.176 e. The van der Waals surface area contributed by atoms with Crippen LogP contribution in [0.4, 0.5) is 5.82 Å². The Kier molecular flexibility index (Phi) is 4.67. The highest BCUT2D eigenvalue weighted by molar-refractivity contribution is 8.00. The van der Waals surface area contributed by atoms with Gasteiger partial charge in [-0.3, -0.25) is 0 Å². The van der Waals surface area contributed by atoms with E-state index in [4.69, 9.17) is 5.84 Å². The number of nitrogen functional groups attached to an aromatic ring is 1. The van der Waals surface area contributed by atoms with Crippen molar-refractivity contribution in [1.29, 1.82) is 0 Å². The van der Waals surface area contributed by atoms with Crippen molar-refractivity contribution < 1.29 is 0 Å². The van der Waals surface area contributed by atoms with Crippen LogP contribution in [0.3, 0.4) is 0 Å². The summed E-state index contributed by atoms with van der Waals surface area (Å²) in [6.07, 6.45) is 0.841. The Labute approximate surface area is 120 Å². The molecule has 0 atom stereocenters. The van der Waals surface area contributed by atoms with Crippen molar-refractivity contribution in [2.24, 2.45) is 5.84 Å². The molecule has 0 saturated carbocycles. The zero-order chi connectivity index (χ0) is 13.8. The molecule has 0 aromatic carbocycles. The minimum absolute atomic E-state index is 0.244. The zero-order valence-corrected chi connectivity index (χ0v) is 12.7. The fraction of sp³-hybridized carbons (Fsp3) is 0.455. The molecule has 19 heavy (non-hydrogen) atoms. The molecule has 0 spiro atoms. The first-order chi connectivity index (χ1) is 9.12. The lowest BCUT2D eigenvalue weighted by Crippen LogP contribution is -2.11. The van der Waals surface area contributed by atoms with Gasteiger partial charge in [0.15, 0.2) is 4.34 Å². The van der Waals surface area contributed by atoms with Gasteiger partial charge in [-0.2, -0.15) is 4.37 Å². The predicted octanol–water partition coefficient (Wildman–Crippen LogP) is 2.45. The molecule has 0 aliphatic rings. The predicted molar refractivity (Wildman–Crippen MR) is 77.3 cm³/mol. The summed E-state index contributed by atoms with van der Waals surface area (Å²) in [6.45, 7) is 6.13. The minimum atomic E-state index is 0.244. The molecule has 0 amide bonds. The lowest BCUT2D eigenvalue weighted by atomic mass is 10.2. The summed E-state index contributed by atoms with van der Waals surface area (Å²) < 4.78 is 5.14. The van der Waals surface area contributed by atoms with Gasteiger partial charge in [0, 0.05) is 18.4 Å². The maximum absolute atomic E-state index is 5.43. The van der Waals surface area contributed by atoms with Crippen molar-refractivity contribution in [2.75, 3.05) is 5.43 Å². The Morgan fingerprint density at radius 2 is 2.16 bits per heavy atom. The van der Waals surface area contributed by atoms with Crippen LogP contribution in [0.5, 0.6) is 0 Å². The monoisotopic (exact) mass is 296 g/mol. The molecule has 0 fully saturated rings. The van der Waals surface area contributed by atoms with Crippen LogP contribution in [0.1, 0.15) is 38.3 Å². The lowest BCUT2D eigenvalue weighted by molar-refractivity contribution is 0.754. The van der Waals surface area contributed by atoms with E-state index in [1.807, 2.05) is 26.8 Å². The second-order valence-corrected chi connectivity index (χ2v) is 6.20. The van der Waals surface area contributed by atoms with E-state index in [2.05, 4.69) is 24.8 Å². The number of hydrogen-bond acceptors (Lipinski definition) is 8. The van der Waals surface area contributed by atoms with E-state index in [0.29, 0.717) is 5.82 Å². The van der Waals surface area contributed by atoms with Crippen LogP contribution in [0.25, 0.3) is 0 Å². The lowest BCUT2D eigenvalue weighted by Gasteiger charge is -2.08. The second kappa shape index (κ2) is 6.27. The number of nitrogens with two attached hydrogens (primary N) is 1. The summed E-state index contributed by atoms with van der Waals surface area (Å²) in [5.74, 6) is 7.91. The van der Waals surface area contributed by atoms with Gasteiger partial charge in [0.25, 0.3) is 0 Å². The largest absolute Gasteiger partial charge is 0.308 e. The van der Waals surface area contributed by atoms with Gasteiger partial charge in [0.1, 0.15) is 22.5 Å². The molecule has 0 bridgehead atoms. The molecule has 8 heteroatoms. The van der Waals surface area contributed by atoms with E-state index in [9.17, 15) is 0 Å². The number of anilines is 1. The summed E-state index contributed by atoms with van der Waals surface area (Å²) in [5.41, 5.74) is 2.57. The van der Waals surface area contributed by atoms with Gasteiger partial charge < -0.3 is 5.43 Å². The number of aryl methyl sites for hydroxylation is 1. The molecule has 2 heterocycles. The van der Waals surface area contributed by atoms with E-state index in [1.54, 1.807) is 0 Å². The Morgan fingerprint density at radius 3 is 2.74 bits per heavy atom. The molecular weight excluding hydrogens is 280 g/mol. The minimum Gasteiger partial charge on any atom is -0.308 e. The molecule has 2 rings (SSSR count). The zero-order valence-electron chi connectivity index (χ0n) is 11.0. The van der Waals surface area contributed by atoms with E-state index in [-0.39, 0.29) is 5.92 Å². The van der Waals surface area contributed by atoms with Crippen molar-refractivity contribution in [3.8, 4) is 0 Å². The van der Waals surface area contributed by atoms with E-state index in [1.165, 1.54) is 23.3 Å². The van der Waals surface area contributed by atoms with Crippen LogP contribution in [-0.4, -0.2) is 19.3 Å². The number of nitrogens with one attached hydrogen (secondary N) is 1. The SMILES string of the molecule is CCc1nsc(Sc2cc(NN)nc(C(C)C)n2)n1. The number of hydrogen-bond donors (Lipinski definition) is 2. The fourth-order valence-electron chi connectivity index (χ4n) is 1.34. The van der Waals surface area contributed by atoms with Crippen LogP contribution < -0.4 is 11.3 Å². The first-order valence-electron chi connectivity index (χ1n) is 5.98. The molecule has 0 aliphatic carbocycles. The van der Waals surface area contributed by atoms with Crippen LogP contribution in [0.15, 0.2) is 15.4 Å². The van der Waals surface area contributed by atoms with Crippen molar-refractivity contribution in [2.45, 2.75) is 42.5 Å². The summed E-state index contributed by atoms with van der Waals surface area (Å²) >= 11 is 2.87. The van der Waals surface area contributed by atoms with Gasteiger partial charge in [-0.1, -0.05) is 20.8 Å². The van der Waals surface area contributed by atoms with Gasteiger partial charge in [-0.25, -0.2) is 20.8 Å². The van der Waals surface area contributed by atoms with Gasteiger partial charge >= 0.3 is 0 Å². The quantitative estimate of drug-likeness (QED) is 0.497. The highest BCUT2D eigenvalue weighted by Gasteiger charge is 2.11. The third-order valence-electron chi connectivity index (χ3n) is 2.34. The van der Waals surface area contributed by atoms with Crippen molar-refractivity contribution >= 4 is 29.1 Å². The highest BCUT2D eigenvalue weighted by Crippen LogP contribution is 2.29. The normalized spacial score (nSPS) is 11.0. The average Bonchev–Trinajstić information content (AvgIpc) is 2.85. The summed E-state index contributed by atoms with van der Waals surface area (Å²) in [4.78, 5) is 13.2. The van der Waals surface area contributed by atoms with Crippen molar-refractivity contribution in [3.05, 3.63) is 17.7 Å². The standard InChI is InChI=1S/C11H16N6S2/c1-4-7-14-11(19-17-7)18-9-5-8(16-12)13-10(15-9)6(2)3/h5-6H,4,12H2,1-3H3,(H,13,15,16). The third-order valence-corrected chi connectivity index (χ3v) is 4.05. The molecule has 0 unspecified atom stereocenters. The van der Waals surface area contributed by atoms with Crippen LogP contribution in [0.2, 0.25) is 0 Å². The fourth-order valence-corrected chi connectivity index (χ4v) is 3.00. The van der Waals surface area contributed by atoms with Crippen LogP contribution >= 0.6 is 23.3 Å². The molecule has 0 radical (unpaired) electrons. The molecule has 2 aromatic rings. The number of rotatable bonds is 5. The molecule has 0 saturated heterocycles. The maximum atomic E-state index is 5.43. The Hall–Kier alpha value is -1.25. The summed E-state index contributed by atoms with van der Waals surface area (Å²) in [6, 6.07) is 1.81. The van der Waals surface area contributed by atoms with E-state index in [0.717, 1.165) is 27.4 Å². The average molecular weight is 296 g/mol. The molecule has 102 valence electrons. The first-order valence-corrected chi connectivity index (χ1v) is 7.57. The first kappa shape index (κ1) is 14.2. The highest BCUT2D eigenvalue weighted by atomic mass is 32.2. The van der Waals surface area contributed by atoms with Crippen molar-refractivity contribution in [1.82, 2.24) is 19.3 Å². The van der Waals surface area contributed by atoms with Gasteiger partial charge in [-0.05, 0) is 23.3 Å². The molecule has 6 nitrogen and oxygen atoms in total. The van der Waals surface area contributed by atoms with Gasteiger partial charge in [0.2, 0.25) is 0 Å². The number of hydrazine groups is 1. The van der Waals surface area contributed by atoms with E-state index < -0.39 is 0 Å². The third kappa shape index (κ3) is 3.62. The Balaban J connectivity index is 2.25. The molecule has 2 aromatic heterocycles. The summed E-state index contributed by atoms with van der Waals surface area (Å²) in [7, 11) is 0. The number of nitrogens with zero attached hydrogens (tertiary/aromatic N) is 4. The smallest absolute Gasteiger partial charge is 0.176 e. The van der Waals surface area contributed by atoms with Crippen LogP contribution in [-0.2, 0) is 6.42 Å². The Bertz CT molecular complexity index is 554. The van der Waals surface area contributed by atoms with Gasteiger partial charge in [-0.15, -0.1) is 0 Å². The van der Waals surface area contributed by atoms with Gasteiger partial charge in [0.05, 0.1) is 0 Å². The van der Waals surface area contributed by atoms with Crippen LogP contribution in [0, 0.1) is 0 Å². The molecule has 0 aliphatic heterocycles. The molecular formula is C11H16N6S2. The van der Waals surface area contributed by atoms with E-state index >= 15 is 0 Å². The number of aromatic nitrogens is 4. The Morgan fingerprint density at radius 1 is 1.37 bits per heavy atom.